The number of halogens is 2. The van der Waals surface area contributed by atoms with Gasteiger partial charge >= 0.3 is 0 Å². The maximum Gasteiger partial charge on any atom is 0.115 e. The molecule has 1 heterocycles. The van der Waals surface area contributed by atoms with E-state index in [4.69, 9.17) is 5.73 Å². The second-order valence-electron chi connectivity index (χ2n) is 8.14. The van der Waals surface area contributed by atoms with E-state index in [1.165, 1.54) is 37.2 Å². The van der Waals surface area contributed by atoms with Gasteiger partial charge in [0.05, 0.1) is 32.2 Å². The van der Waals surface area contributed by atoms with Crippen molar-refractivity contribution >= 4 is 17.0 Å². The van der Waals surface area contributed by atoms with Crippen molar-refractivity contribution in [3.63, 3.8) is 0 Å². The SMILES string of the molecule is Br.NC1CCC[N+](CCCc2ccc(O)cc2)(CCCc2ccc(O)cc2)C1.[Br-]. The molecule has 1 aliphatic rings. The summed E-state index contributed by atoms with van der Waals surface area (Å²) >= 11 is 0. The predicted molar refractivity (Wildman–Crippen MR) is 120 cm³/mol. The summed E-state index contributed by atoms with van der Waals surface area (Å²) < 4.78 is 1.14. The predicted octanol–water partition coefficient (Wildman–Crippen LogP) is 1.18. The maximum atomic E-state index is 9.43. The van der Waals surface area contributed by atoms with Gasteiger partial charge in [0.15, 0.2) is 0 Å². The zero-order valence-corrected chi connectivity index (χ0v) is 20.3. The lowest BCUT2D eigenvalue weighted by Crippen LogP contribution is -3.00. The van der Waals surface area contributed by atoms with Crippen LogP contribution in [0, 0.1) is 0 Å². The summed E-state index contributed by atoms with van der Waals surface area (Å²) in [6, 6.07) is 15.5. The first-order chi connectivity index (χ1) is 13.0. The fourth-order valence-electron chi connectivity index (χ4n) is 4.45. The van der Waals surface area contributed by atoms with Gasteiger partial charge in [0.2, 0.25) is 0 Å². The van der Waals surface area contributed by atoms with E-state index >= 15 is 0 Å². The molecule has 6 heteroatoms. The van der Waals surface area contributed by atoms with Gasteiger partial charge in [0.25, 0.3) is 0 Å². The number of likely N-dealkylation sites (tertiary alicyclic amines) is 1. The molecule has 1 fully saturated rings. The minimum Gasteiger partial charge on any atom is -1.00 e. The third-order valence-corrected chi connectivity index (χ3v) is 5.90. The van der Waals surface area contributed by atoms with Crippen LogP contribution in [0.3, 0.4) is 0 Å². The quantitative estimate of drug-likeness (QED) is 0.450. The van der Waals surface area contributed by atoms with Crippen LogP contribution in [0.2, 0.25) is 0 Å². The average molecular weight is 530 g/mol. The molecular formula is C23H34Br2N2O2. The Morgan fingerprint density at radius 3 is 1.69 bits per heavy atom. The van der Waals surface area contributed by atoms with Gasteiger partial charge in [0.1, 0.15) is 11.5 Å². The van der Waals surface area contributed by atoms with Crippen LogP contribution in [0.25, 0.3) is 0 Å². The summed E-state index contributed by atoms with van der Waals surface area (Å²) in [5, 5.41) is 18.9. The van der Waals surface area contributed by atoms with E-state index in [1.54, 1.807) is 24.3 Å². The highest BCUT2D eigenvalue weighted by Crippen LogP contribution is 2.22. The standard InChI is InChI=1S/C23H32N2O2.2BrH/c24-21-6-3-17-25(18-21,15-1-4-19-7-11-22(26)12-8-19)16-2-5-20-9-13-23(27)14-10-20;;/h7-14,21H,1-6,15-18,24H2,(H-,26,27);2*1H. The van der Waals surface area contributed by atoms with Gasteiger partial charge in [-0.25, -0.2) is 0 Å². The Morgan fingerprint density at radius 2 is 1.28 bits per heavy atom. The molecule has 0 aromatic heterocycles. The second kappa shape index (κ2) is 12.6. The van der Waals surface area contributed by atoms with Gasteiger partial charge in [0, 0.05) is 12.8 Å². The Hall–Kier alpha value is -1.08. The summed E-state index contributed by atoms with van der Waals surface area (Å²) in [5.41, 5.74) is 8.91. The molecule has 1 aliphatic heterocycles. The number of aryl methyl sites for hydroxylation is 2. The van der Waals surface area contributed by atoms with Gasteiger partial charge in [-0.15, -0.1) is 17.0 Å². The van der Waals surface area contributed by atoms with Gasteiger partial charge < -0.3 is 37.4 Å². The number of hydrogen-bond acceptors (Lipinski definition) is 3. The average Bonchev–Trinajstić information content (AvgIpc) is 2.65. The van der Waals surface area contributed by atoms with Gasteiger partial charge in [-0.05, 0) is 61.1 Å². The maximum absolute atomic E-state index is 9.43. The summed E-state index contributed by atoms with van der Waals surface area (Å²) in [7, 11) is 0. The molecule has 4 N–H and O–H groups in total. The molecule has 1 atom stereocenters. The third-order valence-electron chi connectivity index (χ3n) is 5.90. The molecule has 1 saturated heterocycles. The lowest BCUT2D eigenvalue weighted by atomic mass is 10.00. The molecule has 0 amide bonds. The van der Waals surface area contributed by atoms with Crippen molar-refractivity contribution in [2.75, 3.05) is 26.2 Å². The van der Waals surface area contributed by atoms with E-state index < -0.39 is 0 Å². The van der Waals surface area contributed by atoms with Crippen molar-refractivity contribution in [3.8, 4) is 11.5 Å². The minimum atomic E-state index is 0. The van der Waals surface area contributed by atoms with Gasteiger partial charge in [-0.2, -0.15) is 0 Å². The molecule has 0 radical (unpaired) electrons. The summed E-state index contributed by atoms with van der Waals surface area (Å²) in [6.07, 6.45) is 6.77. The van der Waals surface area contributed by atoms with E-state index in [9.17, 15) is 10.2 Å². The highest BCUT2D eigenvalue weighted by molar-refractivity contribution is 8.93. The van der Waals surface area contributed by atoms with Crippen LogP contribution in [0.4, 0.5) is 0 Å². The van der Waals surface area contributed by atoms with E-state index in [1.807, 2.05) is 24.3 Å². The van der Waals surface area contributed by atoms with Crippen molar-refractivity contribution in [2.45, 2.75) is 44.6 Å². The van der Waals surface area contributed by atoms with Crippen molar-refractivity contribution in [3.05, 3.63) is 59.7 Å². The molecule has 0 aliphatic carbocycles. The van der Waals surface area contributed by atoms with Crippen LogP contribution >= 0.6 is 17.0 Å². The molecular weight excluding hydrogens is 496 g/mol. The van der Waals surface area contributed by atoms with Crippen LogP contribution in [0.1, 0.15) is 36.8 Å². The molecule has 3 rings (SSSR count). The number of aromatic hydroxyl groups is 2. The number of phenols is 2. The first-order valence-electron chi connectivity index (χ1n) is 10.2. The van der Waals surface area contributed by atoms with E-state index in [2.05, 4.69) is 0 Å². The van der Waals surface area contributed by atoms with Crippen molar-refractivity contribution in [1.29, 1.82) is 0 Å². The van der Waals surface area contributed by atoms with E-state index in [0.717, 1.165) is 43.1 Å². The number of rotatable bonds is 8. The zero-order valence-electron chi connectivity index (χ0n) is 17.0. The fourth-order valence-corrected chi connectivity index (χ4v) is 4.45. The molecule has 4 nitrogen and oxygen atoms in total. The molecule has 2 aromatic carbocycles. The van der Waals surface area contributed by atoms with Crippen molar-refractivity contribution in [2.24, 2.45) is 5.73 Å². The van der Waals surface area contributed by atoms with Crippen LogP contribution < -0.4 is 22.7 Å². The third kappa shape index (κ3) is 8.28. The van der Waals surface area contributed by atoms with Crippen LogP contribution in [-0.4, -0.2) is 46.9 Å². The number of nitrogens with zero attached hydrogens (tertiary/aromatic N) is 1. The Morgan fingerprint density at radius 1 is 0.828 bits per heavy atom. The smallest absolute Gasteiger partial charge is 0.115 e. The second-order valence-corrected chi connectivity index (χ2v) is 8.14. The summed E-state index contributed by atoms with van der Waals surface area (Å²) in [6.45, 7) is 4.66. The molecule has 1 unspecified atom stereocenters. The van der Waals surface area contributed by atoms with Gasteiger partial charge in [-0.1, -0.05) is 24.3 Å². The molecule has 29 heavy (non-hydrogen) atoms. The molecule has 0 spiro atoms. The fraction of sp³-hybridized carbons (Fsp3) is 0.478. The highest BCUT2D eigenvalue weighted by atomic mass is 79.9. The molecule has 2 aromatic rings. The minimum absolute atomic E-state index is 0. The first-order valence-corrected chi connectivity index (χ1v) is 10.2. The van der Waals surface area contributed by atoms with Gasteiger partial charge in [-0.3, -0.25) is 0 Å². The topological polar surface area (TPSA) is 66.5 Å². The Balaban J connectivity index is 0.00000210. The Labute approximate surface area is 195 Å². The highest BCUT2D eigenvalue weighted by Gasteiger charge is 2.32. The van der Waals surface area contributed by atoms with Crippen LogP contribution in [0.5, 0.6) is 11.5 Å². The summed E-state index contributed by atoms with van der Waals surface area (Å²) in [4.78, 5) is 0. The van der Waals surface area contributed by atoms with E-state index in [0.29, 0.717) is 17.5 Å². The lowest BCUT2D eigenvalue weighted by Gasteiger charge is -2.44. The zero-order chi connectivity index (χ0) is 19.1. The largest absolute Gasteiger partial charge is 1.00 e. The monoisotopic (exact) mass is 528 g/mol. The Kier molecular flexibility index (Phi) is 11.3. The number of nitrogens with two attached hydrogens (primary N) is 1. The molecule has 0 bridgehead atoms. The van der Waals surface area contributed by atoms with Crippen LogP contribution in [0.15, 0.2) is 48.5 Å². The lowest BCUT2D eigenvalue weighted by molar-refractivity contribution is -0.933. The molecule has 0 saturated carbocycles. The number of phenolic OH excluding ortho intramolecular Hbond substituents is 2. The number of quaternary nitrogens is 1. The normalized spacial score (nSPS) is 17.8. The number of hydrogen-bond donors (Lipinski definition) is 3. The van der Waals surface area contributed by atoms with Crippen LogP contribution in [-0.2, 0) is 12.8 Å². The first kappa shape index (κ1) is 26.0. The number of benzene rings is 2. The number of piperidine rings is 1. The Bertz CT molecular complexity index is 656. The summed E-state index contributed by atoms with van der Waals surface area (Å²) in [5.74, 6) is 0.664. The van der Waals surface area contributed by atoms with Crippen molar-refractivity contribution < 1.29 is 31.7 Å². The van der Waals surface area contributed by atoms with E-state index in [-0.39, 0.29) is 34.0 Å². The molecule has 162 valence electrons. The van der Waals surface area contributed by atoms with Crippen molar-refractivity contribution in [1.82, 2.24) is 0 Å².